The fourth-order valence-corrected chi connectivity index (χ4v) is 2.00. The van der Waals surface area contributed by atoms with Crippen molar-refractivity contribution >= 4 is 5.82 Å². The lowest BCUT2D eigenvalue weighted by molar-refractivity contribution is 0.264. The van der Waals surface area contributed by atoms with Crippen molar-refractivity contribution in [2.45, 2.75) is 6.92 Å². The Morgan fingerprint density at radius 1 is 1.25 bits per heavy atom. The first kappa shape index (κ1) is 11.3. The smallest absolute Gasteiger partial charge is 0.132 e. The molecule has 1 aliphatic heterocycles. The molecular weight excluding hydrogens is 202 g/mol. The van der Waals surface area contributed by atoms with Gasteiger partial charge in [-0.2, -0.15) is 0 Å². The summed E-state index contributed by atoms with van der Waals surface area (Å²) < 4.78 is 0. The summed E-state index contributed by atoms with van der Waals surface area (Å²) in [7, 11) is 0. The average Bonchev–Trinajstić information content (AvgIpc) is 2.30. The highest BCUT2D eigenvalue weighted by molar-refractivity contribution is 5.39. The Morgan fingerprint density at radius 3 is 2.62 bits per heavy atom. The first-order valence-corrected chi connectivity index (χ1v) is 5.75. The molecule has 0 aliphatic carbocycles. The number of aryl methyl sites for hydroxylation is 1. The van der Waals surface area contributed by atoms with Crippen molar-refractivity contribution in [1.29, 1.82) is 0 Å². The zero-order valence-electron chi connectivity index (χ0n) is 9.76. The quantitative estimate of drug-likeness (QED) is 0.770. The molecule has 16 heavy (non-hydrogen) atoms. The Labute approximate surface area is 96.3 Å². The van der Waals surface area contributed by atoms with Gasteiger partial charge in [0.2, 0.25) is 0 Å². The third-order valence-corrected chi connectivity index (χ3v) is 2.93. The second kappa shape index (κ2) is 5.23. The van der Waals surface area contributed by atoms with Crippen LogP contribution in [-0.4, -0.2) is 54.1 Å². The minimum Gasteiger partial charge on any atom is -0.354 e. The minimum atomic E-state index is 0.743. The normalized spacial score (nSPS) is 17.8. The number of piperazine rings is 1. The van der Waals surface area contributed by atoms with E-state index in [2.05, 4.69) is 19.8 Å². The van der Waals surface area contributed by atoms with Gasteiger partial charge in [-0.1, -0.05) is 0 Å². The summed E-state index contributed by atoms with van der Waals surface area (Å²) in [5.74, 6) is 1.04. The predicted octanol–water partition coefficient (Wildman–Crippen LogP) is -0.134. The van der Waals surface area contributed by atoms with E-state index in [0.717, 1.165) is 50.8 Å². The number of aromatic nitrogens is 2. The van der Waals surface area contributed by atoms with Gasteiger partial charge in [-0.25, -0.2) is 9.97 Å². The molecule has 0 aromatic carbocycles. The van der Waals surface area contributed by atoms with Crippen LogP contribution >= 0.6 is 0 Å². The number of hydrogen-bond donors (Lipinski definition) is 1. The van der Waals surface area contributed by atoms with Gasteiger partial charge >= 0.3 is 0 Å². The van der Waals surface area contributed by atoms with Crippen LogP contribution in [0.5, 0.6) is 0 Å². The standard InChI is InChI=1S/C11H19N5/c1-10-8-11(14-9-13-10)16-6-4-15(3-2-12)5-7-16/h8-9H,2-7,12H2,1H3. The summed E-state index contributed by atoms with van der Waals surface area (Å²) in [6.45, 7) is 7.92. The second-order valence-corrected chi connectivity index (χ2v) is 4.13. The summed E-state index contributed by atoms with van der Waals surface area (Å²) in [5.41, 5.74) is 6.57. The Kier molecular flexibility index (Phi) is 3.69. The van der Waals surface area contributed by atoms with Crippen LogP contribution < -0.4 is 10.6 Å². The van der Waals surface area contributed by atoms with Gasteiger partial charge in [0.05, 0.1) is 0 Å². The molecule has 0 saturated carbocycles. The SMILES string of the molecule is Cc1cc(N2CCN(CCN)CC2)ncn1. The maximum atomic E-state index is 5.55. The maximum Gasteiger partial charge on any atom is 0.132 e. The first-order valence-electron chi connectivity index (χ1n) is 5.75. The van der Waals surface area contributed by atoms with Gasteiger partial charge in [0, 0.05) is 51.0 Å². The van der Waals surface area contributed by atoms with Crippen LogP contribution in [0.1, 0.15) is 5.69 Å². The molecule has 0 bridgehead atoms. The average molecular weight is 221 g/mol. The molecule has 1 fully saturated rings. The number of nitrogens with zero attached hydrogens (tertiary/aromatic N) is 4. The lowest BCUT2D eigenvalue weighted by Gasteiger charge is -2.35. The lowest BCUT2D eigenvalue weighted by atomic mass is 10.3. The summed E-state index contributed by atoms with van der Waals surface area (Å²) in [4.78, 5) is 13.1. The van der Waals surface area contributed by atoms with E-state index in [9.17, 15) is 0 Å². The highest BCUT2D eigenvalue weighted by Gasteiger charge is 2.17. The van der Waals surface area contributed by atoms with Crippen molar-refractivity contribution in [3.63, 3.8) is 0 Å². The molecule has 2 heterocycles. The van der Waals surface area contributed by atoms with Gasteiger partial charge in [0.1, 0.15) is 12.1 Å². The fourth-order valence-electron chi connectivity index (χ4n) is 2.00. The van der Waals surface area contributed by atoms with Crippen LogP contribution in [-0.2, 0) is 0 Å². The largest absolute Gasteiger partial charge is 0.354 e. The molecule has 2 rings (SSSR count). The van der Waals surface area contributed by atoms with E-state index in [4.69, 9.17) is 5.73 Å². The highest BCUT2D eigenvalue weighted by atomic mass is 15.3. The van der Waals surface area contributed by atoms with Crippen LogP contribution in [0.4, 0.5) is 5.82 Å². The molecule has 5 heteroatoms. The number of anilines is 1. The van der Waals surface area contributed by atoms with Crippen LogP contribution in [0.25, 0.3) is 0 Å². The summed E-state index contributed by atoms with van der Waals surface area (Å²) in [6, 6.07) is 2.04. The third-order valence-electron chi connectivity index (χ3n) is 2.93. The molecule has 1 aromatic heterocycles. The lowest BCUT2D eigenvalue weighted by Crippen LogP contribution is -2.48. The van der Waals surface area contributed by atoms with E-state index in [1.54, 1.807) is 6.33 Å². The molecule has 1 aromatic rings. The van der Waals surface area contributed by atoms with Crippen molar-refractivity contribution in [3.8, 4) is 0 Å². The third kappa shape index (κ3) is 2.68. The van der Waals surface area contributed by atoms with E-state index in [1.165, 1.54) is 0 Å². The van der Waals surface area contributed by atoms with Gasteiger partial charge in [-0.15, -0.1) is 0 Å². The molecule has 1 saturated heterocycles. The van der Waals surface area contributed by atoms with E-state index in [0.29, 0.717) is 0 Å². The zero-order chi connectivity index (χ0) is 11.4. The topological polar surface area (TPSA) is 58.3 Å². The summed E-state index contributed by atoms with van der Waals surface area (Å²) >= 11 is 0. The van der Waals surface area contributed by atoms with Crippen molar-refractivity contribution < 1.29 is 0 Å². The zero-order valence-corrected chi connectivity index (χ0v) is 9.76. The van der Waals surface area contributed by atoms with Crippen molar-refractivity contribution in [3.05, 3.63) is 18.1 Å². The molecule has 0 amide bonds. The van der Waals surface area contributed by atoms with Crippen LogP contribution in [0.3, 0.4) is 0 Å². The Morgan fingerprint density at radius 2 is 2.00 bits per heavy atom. The van der Waals surface area contributed by atoms with E-state index in [-0.39, 0.29) is 0 Å². The van der Waals surface area contributed by atoms with E-state index < -0.39 is 0 Å². The molecule has 1 aliphatic rings. The van der Waals surface area contributed by atoms with E-state index >= 15 is 0 Å². The predicted molar refractivity (Wildman–Crippen MR) is 64.5 cm³/mol. The van der Waals surface area contributed by atoms with Crippen molar-refractivity contribution in [2.24, 2.45) is 5.73 Å². The molecule has 2 N–H and O–H groups in total. The monoisotopic (exact) mass is 221 g/mol. The van der Waals surface area contributed by atoms with Crippen LogP contribution in [0.15, 0.2) is 12.4 Å². The molecule has 0 unspecified atom stereocenters. The van der Waals surface area contributed by atoms with Crippen LogP contribution in [0.2, 0.25) is 0 Å². The fraction of sp³-hybridized carbons (Fsp3) is 0.636. The van der Waals surface area contributed by atoms with E-state index in [1.807, 2.05) is 13.0 Å². The van der Waals surface area contributed by atoms with Crippen molar-refractivity contribution in [1.82, 2.24) is 14.9 Å². The molecule has 88 valence electrons. The molecule has 0 spiro atoms. The first-order chi connectivity index (χ1) is 7.79. The van der Waals surface area contributed by atoms with Gasteiger partial charge in [0.15, 0.2) is 0 Å². The molecule has 0 atom stereocenters. The van der Waals surface area contributed by atoms with Crippen molar-refractivity contribution in [2.75, 3.05) is 44.2 Å². The Hall–Kier alpha value is -1.20. The summed E-state index contributed by atoms with van der Waals surface area (Å²) in [6.07, 6.45) is 1.64. The number of rotatable bonds is 3. The van der Waals surface area contributed by atoms with Crippen LogP contribution in [0, 0.1) is 6.92 Å². The maximum absolute atomic E-state index is 5.55. The highest BCUT2D eigenvalue weighted by Crippen LogP contribution is 2.13. The van der Waals surface area contributed by atoms with Gasteiger partial charge < -0.3 is 10.6 Å². The minimum absolute atomic E-state index is 0.743. The molecular formula is C11H19N5. The van der Waals surface area contributed by atoms with Gasteiger partial charge in [0.25, 0.3) is 0 Å². The number of nitrogens with two attached hydrogens (primary N) is 1. The molecule has 0 radical (unpaired) electrons. The summed E-state index contributed by atoms with van der Waals surface area (Å²) in [5, 5.41) is 0. The molecule has 5 nitrogen and oxygen atoms in total. The Balaban J connectivity index is 1.94. The van der Waals surface area contributed by atoms with Gasteiger partial charge in [-0.05, 0) is 6.92 Å². The Bertz CT molecular complexity index is 333. The number of hydrogen-bond acceptors (Lipinski definition) is 5. The second-order valence-electron chi connectivity index (χ2n) is 4.13. The van der Waals surface area contributed by atoms with Gasteiger partial charge in [-0.3, -0.25) is 4.90 Å².